The summed E-state index contributed by atoms with van der Waals surface area (Å²) in [5.74, 6) is 2.13. The van der Waals surface area contributed by atoms with Crippen LogP contribution < -0.4 is 10.2 Å². The minimum Gasteiger partial charge on any atom is -0.354 e. The molecule has 9 heteroatoms. The summed E-state index contributed by atoms with van der Waals surface area (Å²) in [4.78, 5) is 15.4. The highest BCUT2D eigenvalue weighted by Crippen LogP contribution is 2.27. The molecule has 0 bridgehead atoms. The summed E-state index contributed by atoms with van der Waals surface area (Å²) in [5.41, 5.74) is 2.48. The number of nitrogens with one attached hydrogen (secondary N) is 1. The monoisotopic (exact) mass is 450 g/mol. The summed E-state index contributed by atoms with van der Waals surface area (Å²) in [6, 6.07) is 13.1. The number of sulfonamides is 1. The number of aromatic nitrogens is 3. The number of rotatable bonds is 5. The van der Waals surface area contributed by atoms with Crippen LogP contribution in [0.1, 0.15) is 24.0 Å². The third-order valence-corrected chi connectivity index (χ3v) is 7.99. The smallest absolute Gasteiger partial charge is 0.243 e. The Kier molecular flexibility index (Phi) is 5.75. The molecule has 8 nitrogen and oxygen atoms in total. The molecule has 0 radical (unpaired) electrons. The van der Waals surface area contributed by atoms with Crippen molar-refractivity contribution in [3.05, 3.63) is 66.1 Å². The van der Waals surface area contributed by atoms with Crippen molar-refractivity contribution in [3.63, 3.8) is 0 Å². The number of fused-ring (bicyclic) bond motifs is 1. The molecule has 32 heavy (non-hydrogen) atoms. The molecule has 0 unspecified atom stereocenters. The zero-order chi connectivity index (χ0) is 22.0. The van der Waals surface area contributed by atoms with Gasteiger partial charge in [0, 0.05) is 38.4 Å². The lowest BCUT2D eigenvalue weighted by Crippen LogP contribution is -2.49. The molecule has 1 aromatic carbocycles. The number of hydrogen-bond acceptors (Lipinski definition) is 7. The first-order chi connectivity index (χ1) is 15.6. The quantitative estimate of drug-likeness (QED) is 0.639. The Labute approximate surface area is 188 Å². The van der Waals surface area contributed by atoms with Gasteiger partial charge in [0.1, 0.15) is 23.8 Å². The van der Waals surface area contributed by atoms with Gasteiger partial charge in [-0.3, -0.25) is 0 Å². The highest BCUT2D eigenvalue weighted by Gasteiger charge is 2.29. The van der Waals surface area contributed by atoms with Crippen LogP contribution in [0.3, 0.4) is 0 Å². The van der Waals surface area contributed by atoms with Crippen molar-refractivity contribution in [1.82, 2.24) is 19.3 Å². The molecule has 1 aliphatic heterocycles. The molecule has 3 heterocycles. The topological polar surface area (TPSA) is 91.3 Å². The highest BCUT2D eigenvalue weighted by molar-refractivity contribution is 7.89. The summed E-state index contributed by atoms with van der Waals surface area (Å²) >= 11 is 0. The lowest BCUT2D eigenvalue weighted by Gasteiger charge is -2.34. The van der Waals surface area contributed by atoms with Gasteiger partial charge in [0.15, 0.2) is 0 Å². The molecule has 0 spiro atoms. The summed E-state index contributed by atoms with van der Waals surface area (Å²) < 4.78 is 28.1. The Hall–Kier alpha value is -3.04. The van der Waals surface area contributed by atoms with E-state index >= 15 is 0 Å². The Bertz CT molecular complexity index is 1190. The normalized spacial score (nSPS) is 17.1. The molecule has 2 aromatic heterocycles. The maximum atomic E-state index is 13.2. The van der Waals surface area contributed by atoms with Crippen LogP contribution >= 0.6 is 0 Å². The molecule has 0 saturated carbocycles. The lowest BCUT2D eigenvalue weighted by molar-refractivity contribution is 0.383. The van der Waals surface area contributed by atoms with Crippen LogP contribution in [0.2, 0.25) is 0 Å². The zero-order valence-corrected chi connectivity index (χ0v) is 18.6. The van der Waals surface area contributed by atoms with Crippen molar-refractivity contribution >= 4 is 27.5 Å². The number of hydrogen-bond donors (Lipinski definition) is 1. The molecule has 166 valence electrons. The van der Waals surface area contributed by atoms with Gasteiger partial charge in [0.2, 0.25) is 10.0 Å². The maximum Gasteiger partial charge on any atom is 0.243 e. The average Bonchev–Trinajstić information content (AvgIpc) is 2.84. The Balaban J connectivity index is 1.26. The predicted molar refractivity (Wildman–Crippen MR) is 124 cm³/mol. The number of nitrogens with zero attached hydrogens (tertiary/aromatic N) is 5. The van der Waals surface area contributed by atoms with E-state index in [9.17, 15) is 8.42 Å². The van der Waals surface area contributed by atoms with Gasteiger partial charge in [-0.25, -0.2) is 23.4 Å². The molecule has 2 aliphatic rings. The van der Waals surface area contributed by atoms with Crippen LogP contribution in [-0.4, -0.2) is 53.9 Å². The maximum absolute atomic E-state index is 13.2. The molecular weight excluding hydrogens is 424 g/mol. The van der Waals surface area contributed by atoms with E-state index in [0.29, 0.717) is 42.7 Å². The fourth-order valence-electron chi connectivity index (χ4n) is 4.33. The number of aryl methyl sites for hydroxylation is 2. The van der Waals surface area contributed by atoms with E-state index in [0.717, 1.165) is 25.1 Å². The van der Waals surface area contributed by atoms with E-state index in [1.807, 2.05) is 36.4 Å². The van der Waals surface area contributed by atoms with Crippen LogP contribution in [0.25, 0.3) is 0 Å². The van der Waals surface area contributed by atoms with Crippen molar-refractivity contribution in [2.75, 3.05) is 36.4 Å². The van der Waals surface area contributed by atoms with Crippen molar-refractivity contribution in [3.8, 4) is 0 Å². The SMILES string of the molecule is O=S(=O)(c1ccc2c(c1)CCCC2)N1CCN(c2cc(Nc3ccccn3)ncn2)CC1. The Morgan fingerprint density at radius 1 is 0.812 bits per heavy atom. The molecule has 1 N–H and O–H groups in total. The summed E-state index contributed by atoms with van der Waals surface area (Å²) in [6.07, 6.45) is 7.55. The predicted octanol–water partition coefficient (Wildman–Crippen LogP) is 3.00. The third-order valence-electron chi connectivity index (χ3n) is 6.09. The van der Waals surface area contributed by atoms with Crippen LogP contribution in [0, 0.1) is 0 Å². The van der Waals surface area contributed by atoms with Gasteiger partial charge in [0.25, 0.3) is 0 Å². The Morgan fingerprint density at radius 3 is 2.41 bits per heavy atom. The van der Waals surface area contributed by atoms with Gasteiger partial charge in [0.05, 0.1) is 4.90 Å². The van der Waals surface area contributed by atoms with Gasteiger partial charge in [-0.2, -0.15) is 4.31 Å². The highest BCUT2D eigenvalue weighted by atomic mass is 32.2. The van der Waals surface area contributed by atoms with E-state index in [1.165, 1.54) is 23.9 Å². The molecule has 0 amide bonds. The molecule has 3 aromatic rings. The largest absolute Gasteiger partial charge is 0.354 e. The van der Waals surface area contributed by atoms with Crippen LogP contribution in [0.4, 0.5) is 17.5 Å². The van der Waals surface area contributed by atoms with E-state index < -0.39 is 10.0 Å². The van der Waals surface area contributed by atoms with Crippen molar-refractivity contribution in [2.24, 2.45) is 0 Å². The van der Waals surface area contributed by atoms with Crippen molar-refractivity contribution in [1.29, 1.82) is 0 Å². The fraction of sp³-hybridized carbons (Fsp3) is 0.348. The Morgan fingerprint density at radius 2 is 1.62 bits per heavy atom. The first-order valence-corrected chi connectivity index (χ1v) is 12.4. The van der Waals surface area contributed by atoms with Crippen LogP contribution in [0.15, 0.2) is 59.9 Å². The second-order valence-electron chi connectivity index (χ2n) is 8.13. The minimum absolute atomic E-state index is 0.412. The molecule has 1 saturated heterocycles. The van der Waals surface area contributed by atoms with Gasteiger partial charge in [-0.15, -0.1) is 0 Å². The standard InChI is InChI=1S/C23H26N6O2S/c30-32(31,20-9-8-18-5-1-2-6-19(18)15-20)29-13-11-28(12-14-29)23-16-22(25-17-26-23)27-21-7-3-4-10-24-21/h3-4,7-10,15-17H,1-2,5-6,11-14H2,(H,24,25,26,27). The molecule has 0 atom stereocenters. The summed E-state index contributed by atoms with van der Waals surface area (Å²) in [5, 5.41) is 3.17. The van der Waals surface area contributed by atoms with Gasteiger partial charge in [-0.1, -0.05) is 12.1 Å². The van der Waals surface area contributed by atoms with E-state index in [1.54, 1.807) is 16.6 Å². The molecule has 5 rings (SSSR count). The number of piperazine rings is 1. The first kappa shape index (κ1) is 20.8. The summed E-state index contributed by atoms with van der Waals surface area (Å²) in [7, 11) is -3.50. The summed E-state index contributed by atoms with van der Waals surface area (Å²) in [6.45, 7) is 1.99. The second-order valence-corrected chi connectivity index (χ2v) is 10.1. The van der Waals surface area contributed by atoms with Crippen LogP contribution in [0.5, 0.6) is 0 Å². The molecule has 1 aliphatic carbocycles. The first-order valence-electron chi connectivity index (χ1n) is 11.0. The second kappa shape index (κ2) is 8.84. The minimum atomic E-state index is -3.50. The van der Waals surface area contributed by atoms with Crippen molar-refractivity contribution < 1.29 is 8.42 Å². The van der Waals surface area contributed by atoms with Gasteiger partial charge in [-0.05, 0) is 61.1 Å². The lowest BCUT2D eigenvalue weighted by atomic mass is 9.92. The van der Waals surface area contributed by atoms with Gasteiger partial charge < -0.3 is 10.2 Å². The fourth-order valence-corrected chi connectivity index (χ4v) is 5.81. The van der Waals surface area contributed by atoms with E-state index in [-0.39, 0.29) is 0 Å². The number of benzene rings is 1. The zero-order valence-electron chi connectivity index (χ0n) is 17.8. The van der Waals surface area contributed by atoms with E-state index in [2.05, 4.69) is 25.2 Å². The van der Waals surface area contributed by atoms with Gasteiger partial charge >= 0.3 is 0 Å². The molecular formula is C23H26N6O2S. The average molecular weight is 451 g/mol. The number of anilines is 3. The van der Waals surface area contributed by atoms with E-state index in [4.69, 9.17) is 0 Å². The van der Waals surface area contributed by atoms with Crippen LogP contribution in [-0.2, 0) is 22.9 Å². The third kappa shape index (κ3) is 4.31. The number of pyridine rings is 1. The van der Waals surface area contributed by atoms with Crippen molar-refractivity contribution in [2.45, 2.75) is 30.6 Å². The molecule has 1 fully saturated rings.